The summed E-state index contributed by atoms with van der Waals surface area (Å²) in [6.07, 6.45) is -3.09. The zero-order valence-electron chi connectivity index (χ0n) is 9.39. The number of hydrogen-bond donors (Lipinski definition) is 1. The highest BCUT2D eigenvalue weighted by Gasteiger charge is 2.26. The Balaban J connectivity index is 1.68. The monoisotopic (exact) mass is 264 g/mol. The van der Waals surface area contributed by atoms with Gasteiger partial charge in [0.2, 0.25) is 0 Å². The van der Waals surface area contributed by atoms with Gasteiger partial charge in [0.1, 0.15) is 0 Å². The maximum absolute atomic E-state index is 11.9. The van der Waals surface area contributed by atoms with Gasteiger partial charge in [-0.05, 0) is 23.4 Å². The predicted molar refractivity (Wildman–Crippen MR) is 62.2 cm³/mol. The van der Waals surface area contributed by atoms with Crippen LogP contribution in [0.3, 0.4) is 0 Å². The van der Waals surface area contributed by atoms with Gasteiger partial charge in [-0.25, -0.2) is 0 Å². The largest absolute Gasteiger partial charge is 0.401 e. The van der Waals surface area contributed by atoms with Crippen LogP contribution in [0.1, 0.15) is 10.4 Å². The summed E-state index contributed by atoms with van der Waals surface area (Å²) in [6.45, 7) is 1.97. The van der Waals surface area contributed by atoms with Crippen molar-refractivity contribution in [3.63, 3.8) is 0 Å². The standard InChI is InChI=1S/C11H15F3N2S/c12-11(13,14)8-15-3-5-16-4-1-10-9(7-16)2-6-17-10/h2,6,15H,1,3-5,7-8H2. The van der Waals surface area contributed by atoms with Crippen LogP contribution in [-0.4, -0.2) is 37.3 Å². The van der Waals surface area contributed by atoms with E-state index in [0.717, 1.165) is 19.5 Å². The van der Waals surface area contributed by atoms with Crippen LogP contribution in [0.25, 0.3) is 0 Å². The lowest BCUT2D eigenvalue weighted by molar-refractivity contribution is -0.124. The Hall–Kier alpha value is -0.590. The van der Waals surface area contributed by atoms with Crippen LogP contribution < -0.4 is 5.32 Å². The second kappa shape index (κ2) is 5.37. The molecular formula is C11H15F3N2S. The summed E-state index contributed by atoms with van der Waals surface area (Å²) in [6, 6.07) is 2.11. The maximum atomic E-state index is 11.9. The van der Waals surface area contributed by atoms with Crippen LogP contribution in [0, 0.1) is 0 Å². The molecule has 1 aliphatic rings. The fraction of sp³-hybridized carbons (Fsp3) is 0.636. The lowest BCUT2D eigenvalue weighted by Crippen LogP contribution is -2.38. The summed E-state index contributed by atoms with van der Waals surface area (Å²) in [7, 11) is 0. The van der Waals surface area contributed by atoms with Crippen molar-refractivity contribution in [2.75, 3.05) is 26.2 Å². The van der Waals surface area contributed by atoms with Crippen molar-refractivity contribution in [2.24, 2.45) is 0 Å². The summed E-state index contributed by atoms with van der Waals surface area (Å²) in [5.74, 6) is 0. The molecule has 0 aliphatic carbocycles. The second-order valence-corrected chi connectivity index (χ2v) is 5.19. The Kier molecular flexibility index (Phi) is 4.06. The van der Waals surface area contributed by atoms with E-state index in [-0.39, 0.29) is 0 Å². The van der Waals surface area contributed by atoms with E-state index in [4.69, 9.17) is 0 Å². The van der Waals surface area contributed by atoms with Gasteiger partial charge >= 0.3 is 6.18 Å². The van der Waals surface area contributed by atoms with Gasteiger partial charge in [0.15, 0.2) is 0 Å². The van der Waals surface area contributed by atoms with Crippen molar-refractivity contribution in [1.29, 1.82) is 0 Å². The molecule has 0 fully saturated rings. The Labute approximate surface area is 102 Å². The third-order valence-electron chi connectivity index (χ3n) is 2.82. The molecule has 96 valence electrons. The maximum Gasteiger partial charge on any atom is 0.401 e. The van der Waals surface area contributed by atoms with Crippen molar-refractivity contribution in [1.82, 2.24) is 10.2 Å². The fourth-order valence-electron chi connectivity index (χ4n) is 1.97. The first-order chi connectivity index (χ1) is 8.04. The summed E-state index contributed by atoms with van der Waals surface area (Å²) in [4.78, 5) is 3.61. The minimum atomic E-state index is -4.11. The van der Waals surface area contributed by atoms with E-state index in [1.807, 2.05) is 0 Å². The van der Waals surface area contributed by atoms with Crippen molar-refractivity contribution in [2.45, 2.75) is 19.1 Å². The van der Waals surface area contributed by atoms with Gasteiger partial charge < -0.3 is 5.32 Å². The zero-order valence-corrected chi connectivity index (χ0v) is 10.2. The highest BCUT2D eigenvalue weighted by molar-refractivity contribution is 7.10. The molecule has 0 unspecified atom stereocenters. The van der Waals surface area contributed by atoms with Crippen LogP contribution in [0.15, 0.2) is 11.4 Å². The van der Waals surface area contributed by atoms with E-state index in [2.05, 4.69) is 21.7 Å². The van der Waals surface area contributed by atoms with Gasteiger partial charge in [0, 0.05) is 31.1 Å². The van der Waals surface area contributed by atoms with E-state index >= 15 is 0 Å². The number of nitrogens with one attached hydrogen (secondary N) is 1. The van der Waals surface area contributed by atoms with E-state index < -0.39 is 12.7 Å². The Morgan fingerprint density at radius 2 is 2.24 bits per heavy atom. The van der Waals surface area contributed by atoms with Gasteiger partial charge in [-0.15, -0.1) is 11.3 Å². The first-order valence-electron chi connectivity index (χ1n) is 5.60. The lowest BCUT2D eigenvalue weighted by Gasteiger charge is -2.26. The van der Waals surface area contributed by atoms with Gasteiger partial charge in [0.05, 0.1) is 6.54 Å². The van der Waals surface area contributed by atoms with E-state index in [9.17, 15) is 13.2 Å². The molecule has 0 saturated heterocycles. The Morgan fingerprint density at radius 1 is 1.41 bits per heavy atom. The first-order valence-corrected chi connectivity index (χ1v) is 6.47. The molecule has 0 bridgehead atoms. The van der Waals surface area contributed by atoms with Crippen LogP contribution in [0.4, 0.5) is 13.2 Å². The van der Waals surface area contributed by atoms with Crippen molar-refractivity contribution in [3.05, 3.63) is 21.9 Å². The molecule has 6 heteroatoms. The van der Waals surface area contributed by atoms with Crippen molar-refractivity contribution in [3.8, 4) is 0 Å². The number of halogens is 3. The molecule has 0 amide bonds. The van der Waals surface area contributed by atoms with Gasteiger partial charge in [-0.2, -0.15) is 13.2 Å². The molecule has 1 aliphatic heterocycles. The third-order valence-corrected chi connectivity index (χ3v) is 3.84. The molecule has 17 heavy (non-hydrogen) atoms. The zero-order chi connectivity index (χ0) is 12.3. The van der Waals surface area contributed by atoms with Crippen LogP contribution >= 0.6 is 11.3 Å². The quantitative estimate of drug-likeness (QED) is 0.839. The van der Waals surface area contributed by atoms with E-state index in [0.29, 0.717) is 13.1 Å². The molecule has 2 rings (SSSR count). The highest BCUT2D eigenvalue weighted by atomic mass is 32.1. The topological polar surface area (TPSA) is 15.3 Å². The Morgan fingerprint density at radius 3 is 3.00 bits per heavy atom. The normalized spacial score (nSPS) is 17.1. The molecule has 0 radical (unpaired) electrons. The van der Waals surface area contributed by atoms with Crippen LogP contribution in [0.5, 0.6) is 0 Å². The summed E-state index contributed by atoms with van der Waals surface area (Å²) in [5.41, 5.74) is 1.33. The molecule has 1 aromatic rings. The number of fused-ring (bicyclic) bond motifs is 1. The van der Waals surface area contributed by atoms with E-state index in [1.54, 1.807) is 11.3 Å². The molecule has 2 heterocycles. The molecule has 1 aromatic heterocycles. The molecule has 1 N–H and O–H groups in total. The molecule has 0 spiro atoms. The number of nitrogens with zero attached hydrogens (tertiary/aromatic N) is 1. The van der Waals surface area contributed by atoms with Crippen LogP contribution in [-0.2, 0) is 13.0 Å². The summed E-state index contributed by atoms with van der Waals surface area (Å²) >= 11 is 1.77. The number of alkyl halides is 3. The fourth-order valence-corrected chi connectivity index (χ4v) is 2.85. The minimum absolute atomic E-state index is 0.388. The second-order valence-electron chi connectivity index (χ2n) is 4.19. The average molecular weight is 264 g/mol. The van der Waals surface area contributed by atoms with Crippen molar-refractivity contribution < 1.29 is 13.2 Å². The SMILES string of the molecule is FC(F)(F)CNCCN1CCc2sccc2C1. The first kappa shape index (κ1) is 12.9. The van der Waals surface area contributed by atoms with Gasteiger partial charge in [0.25, 0.3) is 0 Å². The third kappa shape index (κ3) is 3.97. The smallest absolute Gasteiger partial charge is 0.307 e. The van der Waals surface area contributed by atoms with Crippen LogP contribution in [0.2, 0.25) is 0 Å². The minimum Gasteiger partial charge on any atom is -0.307 e. The average Bonchev–Trinajstić information content (AvgIpc) is 2.70. The van der Waals surface area contributed by atoms with E-state index in [1.165, 1.54) is 10.4 Å². The van der Waals surface area contributed by atoms with Gasteiger partial charge in [-0.1, -0.05) is 0 Å². The molecule has 0 saturated carbocycles. The predicted octanol–water partition coefficient (Wildman–Crippen LogP) is 2.26. The molecule has 0 atom stereocenters. The highest BCUT2D eigenvalue weighted by Crippen LogP contribution is 2.23. The number of hydrogen-bond acceptors (Lipinski definition) is 3. The van der Waals surface area contributed by atoms with Crippen molar-refractivity contribution >= 4 is 11.3 Å². The molecular weight excluding hydrogens is 249 g/mol. The molecule has 2 nitrogen and oxygen atoms in total. The van der Waals surface area contributed by atoms with Gasteiger partial charge in [-0.3, -0.25) is 4.90 Å². The Bertz CT molecular complexity index is 362. The molecule has 0 aromatic carbocycles. The number of rotatable bonds is 4. The lowest BCUT2D eigenvalue weighted by atomic mass is 10.1. The number of thiophene rings is 1. The summed E-state index contributed by atoms with van der Waals surface area (Å²) < 4.78 is 35.7. The summed E-state index contributed by atoms with van der Waals surface area (Å²) in [5, 5.41) is 4.51.